The van der Waals surface area contributed by atoms with E-state index in [1.165, 1.54) is 12.1 Å². The lowest BCUT2D eigenvalue weighted by Crippen LogP contribution is -2.50. The quantitative estimate of drug-likeness (QED) is 0.909. The standard InChI is InChI=1S/C14H17ClFN3O2/c15-12-9-10(16)1-2-11(12)14(21)19-7-5-18(6-8-19)13(20)3-4-17/h1-2,9H,3-8,17H2. The molecule has 21 heavy (non-hydrogen) atoms. The maximum atomic E-state index is 13.0. The van der Waals surface area contributed by atoms with E-state index < -0.39 is 5.82 Å². The molecular weight excluding hydrogens is 297 g/mol. The van der Waals surface area contributed by atoms with Crippen molar-refractivity contribution in [3.8, 4) is 0 Å². The molecule has 1 aromatic rings. The van der Waals surface area contributed by atoms with E-state index in [0.29, 0.717) is 39.1 Å². The zero-order valence-corrected chi connectivity index (χ0v) is 12.3. The van der Waals surface area contributed by atoms with E-state index in [0.717, 1.165) is 6.07 Å². The van der Waals surface area contributed by atoms with Crippen LogP contribution in [0.5, 0.6) is 0 Å². The van der Waals surface area contributed by atoms with Crippen LogP contribution in [0.2, 0.25) is 5.02 Å². The average Bonchev–Trinajstić information content (AvgIpc) is 2.47. The molecule has 2 amide bonds. The van der Waals surface area contributed by atoms with Crippen molar-refractivity contribution in [1.29, 1.82) is 0 Å². The number of amides is 2. The van der Waals surface area contributed by atoms with Crippen molar-refractivity contribution in [2.75, 3.05) is 32.7 Å². The molecule has 114 valence electrons. The molecule has 0 aromatic heterocycles. The van der Waals surface area contributed by atoms with E-state index in [1.54, 1.807) is 9.80 Å². The van der Waals surface area contributed by atoms with Crippen LogP contribution in [0.3, 0.4) is 0 Å². The molecule has 0 saturated carbocycles. The van der Waals surface area contributed by atoms with Gasteiger partial charge in [0.1, 0.15) is 5.82 Å². The van der Waals surface area contributed by atoms with Crippen molar-refractivity contribution in [2.45, 2.75) is 6.42 Å². The van der Waals surface area contributed by atoms with Gasteiger partial charge in [-0.25, -0.2) is 4.39 Å². The number of nitrogens with zero attached hydrogens (tertiary/aromatic N) is 2. The highest BCUT2D eigenvalue weighted by Gasteiger charge is 2.25. The molecule has 5 nitrogen and oxygen atoms in total. The van der Waals surface area contributed by atoms with Crippen LogP contribution in [0.15, 0.2) is 18.2 Å². The van der Waals surface area contributed by atoms with Crippen LogP contribution in [0.1, 0.15) is 16.8 Å². The van der Waals surface area contributed by atoms with Gasteiger partial charge < -0.3 is 15.5 Å². The second kappa shape index (κ2) is 6.87. The van der Waals surface area contributed by atoms with Crippen LogP contribution in [-0.2, 0) is 4.79 Å². The summed E-state index contributed by atoms with van der Waals surface area (Å²) in [4.78, 5) is 27.4. The smallest absolute Gasteiger partial charge is 0.255 e. The van der Waals surface area contributed by atoms with Crippen LogP contribution < -0.4 is 5.73 Å². The van der Waals surface area contributed by atoms with Crippen LogP contribution in [-0.4, -0.2) is 54.3 Å². The summed E-state index contributed by atoms with van der Waals surface area (Å²) in [7, 11) is 0. The Balaban J connectivity index is 1.98. The number of piperazine rings is 1. The molecule has 2 N–H and O–H groups in total. The molecule has 2 rings (SSSR count). The Morgan fingerprint density at radius 3 is 2.38 bits per heavy atom. The summed E-state index contributed by atoms with van der Waals surface area (Å²) in [6.45, 7) is 2.14. The van der Waals surface area contributed by atoms with Gasteiger partial charge in [-0.2, -0.15) is 0 Å². The van der Waals surface area contributed by atoms with Crippen molar-refractivity contribution >= 4 is 23.4 Å². The van der Waals surface area contributed by atoms with E-state index in [4.69, 9.17) is 17.3 Å². The first-order chi connectivity index (χ1) is 10.0. The number of carbonyl (C=O) groups is 2. The number of rotatable bonds is 3. The van der Waals surface area contributed by atoms with Gasteiger partial charge in [-0.1, -0.05) is 11.6 Å². The van der Waals surface area contributed by atoms with Gasteiger partial charge in [-0.15, -0.1) is 0 Å². The fraction of sp³-hybridized carbons (Fsp3) is 0.429. The largest absolute Gasteiger partial charge is 0.339 e. The predicted octanol–water partition coefficient (Wildman–Crippen LogP) is 1.11. The summed E-state index contributed by atoms with van der Waals surface area (Å²) in [6.07, 6.45) is 0.317. The summed E-state index contributed by atoms with van der Waals surface area (Å²) in [5, 5.41) is 0.0987. The van der Waals surface area contributed by atoms with Crippen molar-refractivity contribution in [3.05, 3.63) is 34.6 Å². The maximum Gasteiger partial charge on any atom is 0.255 e. The Labute approximate surface area is 127 Å². The Morgan fingerprint density at radius 1 is 1.19 bits per heavy atom. The van der Waals surface area contributed by atoms with Crippen molar-refractivity contribution in [1.82, 2.24) is 9.80 Å². The van der Waals surface area contributed by atoms with Gasteiger partial charge in [0.15, 0.2) is 0 Å². The third kappa shape index (κ3) is 3.71. The van der Waals surface area contributed by atoms with Gasteiger partial charge in [-0.05, 0) is 18.2 Å². The fourth-order valence-corrected chi connectivity index (χ4v) is 2.52. The molecule has 1 saturated heterocycles. The SMILES string of the molecule is NCCC(=O)N1CCN(C(=O)c2ccc(F)cc2Cl)CC1. The highest BCUT2D eigenvalue weighted by molar-refractivity contribution is 6.33. The number of hydrogen-bond donors (Lipinski definition) is 1. The zero-order chi connectivity index (χ0) is 15.4. The third-order valence-electron chi connectivity index (χ3n) is 3.44. The van der Waals surface area contributed by atoms with E-state index in [-0.39, 0.29) is 22.4 Å². The van der Waals surface area contributed by atoms with E-state index in [9.17, 15) is 14.0 Å². The minimum absolute atomic E-state index is 0.00409. The van der Waals surface area contributed by atoms with Crippen LogP contribution in [0.4, 0.5) is 4.39 Å². The lowest BCUT2D eigenvalue weighted by Gasteiger charge is -2.35. The van der Waals surface area contributed by atoms with E-state index in [1.807, 2.05) is 0 Å². The fourth-order valence-electron chi connectivity index (χ4n) is 2.27. The lowest BCUT2D eigenvalue weighted by molar-refractivity contribution is -0.132. The number of nitrogens with two attached hydrogens (primary N) is 1. The molecule has 1 heterocycles. The van der Waals surface area contributed by atoms with Crippen LogP contribution >= 0.6 is 11.6 Å². The van der Waals surface area contributed by atoms with E-state index in [2.05, 4.69) is 0 Å². The predicted molar refractivity (Wildman–Crippen MR) is 77.6 cm³/mol. The molecule has 1 aliphatic rings. The first-order valence-corrected chi connectivity index (χ1v) is 7.13. The first-order valence-electron chi connectivity index (χ1n) is 6.75. The number of benzene rings is 1. The average molecular weight is 314 g/mol. The number of carbonyl (C=O) groups excluding carboxylic acids is 2. The molecule has 0 atom stereocenters. The second-order valence-corrected chi connectivity index (χ2v) is 5.24. The summed E-state index contributed by atoms with van der Waals surface area (Å²) >= 11 is 5.90. The first kappa shape index (κ1) is 15.7. The molecule has 0 aliphatic carbocycles. The highest BCUT2D eigenvalue weighted by Crippen LogP contribution is 2.20. The Kier molecular flexibility index (Phi) is 5.14. The van der Waals surface area contributed by atoms with Gasteiger partial charge in [0.2, 0.25) is 5.91 Å². The Hall–Kier alpha value is -1.66. The number of hydrogen-bond acceptors (Lipinski definition) is 3. The van der Waals surface area contributed by atoms with Crippen molar-refractivity contribution in [3.63, 3.8) is 0 Å². The minimum Gasteiger partial charge on any atom is -0.339 e. The molecule has 1 aliphatic heterocycles. The molecule has 1 fully saturated rings. The van der Waals surface area contributed by atoms with Gasteiger partial charge in [0, 0.05) is 39.1 Å². The molecule has 0 bridgehead atoms. The Morgan fingerprint density at radius 2 is 1.81 bits per heavy atom. The molecule has 0 unspecified atom stereocenters. The zero-order valence-electron chi connectivity index (χ0n) is 11.5. The summed E-state index contributed by atoms with van der Waals surface area (Å²) in [5.74, 6) is -0.718. The lowest BCUT2D eigenvalue weighted by atomic mass is 10.1. The maximum absolute atomic E-state index is 13.0. The second-order valence-electron chi connectivity index (χ2n) is 4.84. The topological polar surface area (TPSA) is 66.6 Å². The third-order valence-corrected chi connectivity index (χ3v) is 3.75. The summed E-state index contributed by atoms with van der Waals surface area (Å²) < 4.78 is 13.0. The van der Waals surface area contributed by atoms with E-state index >= 15 is 0 Å². The molecule has 0 spiro atoms. The Bertz CT molecular complexity index is 545. The van der Waals surface area contributed by atoms with Crippen LogP contribution in [0, 0.1) is 5.82 Å². The molecule has 0 radical (unpaired) electrons. The summed E-state index contributed by atoms with van der Waals surface area (Å²) in [5.41, 5.74) is 5.64. The van der Waals surface area contributed by atoms with Crippen molar-refractivity contribution < 1.29 is 14.0 Å². The van der Waals surface area contributed by atoms with Gasteiger partial charge in [-0.3, -0.25) is 9.59 Å². The van der Waals surface area contributed by atoms with Gasteiger partial charge in [0.05, 0.1) is 10.6 Å². The number of halogens is 2. The van der Waals surface area contributed by atoms with Gasteiger partial charge in [0.25, 0.3) is 5.91 Å². The van der Waals surface area contributed by atoms with Crippen molar-refractivity contribution in [2.24, 2.45) is 5.73 Å². The summed E-state index contributed by atoms with van der Waals surface area (Å²) in [6, 6.07) is 3.71. The highest BCUT2D eigenvalue weighted by atomic mass is 35.5. The monoisotopic (exact) mass is 313 g/mol. The molecule has 1 aromatic carbocycles. The molecule has 7 heteroatoms. The van der Waals surface area contributed by atoms with Gasteiger partial charge >= 0.3 is 0 Å². The van der Waals surface area contributed by atoms with Crippen LogP contribution in [0.25, 0.3) is 0 Å². The normalized spacial score (nSPS) is 15.2. The minimum atomic E-state index is -0.478. The molecular formula is C14H17ClFN3O2.